The number of hydrogen-bond acceptors (Lipinski definition) is 1. The van der Waals surface area contributed by atoms with Crippen molar-refractivity contribution in [2.75, 3.05) is 0 Å². The van der Waals surface area contributed by atoms with E-state index in [9.17, 15) is 79.4 Å². The van der Waals surface area contributed by atoms with Gasteiger partial charge in [-0.3, -0.25) is 0 Å². The molecule has 2 nitrogen and oxygen atoms in total. The molecule has 19 heteroatoms. The Balaban J connectivity index is 6.61. The third-order valence-corrected chi connectivity index (χ3v) is 3.91. The van der Waals surface area contributed by atoms with Crippen molar-refractivity contribution < 1.29 is 84.5 Å². The van der Waals surface area contributed by atoms with Gasteiger partial charge in [0.25, 0.3) is 0 Å². The van der Waals surface area contributed by atoms with E-state index in [0.29, 0.717) is 0 Å². The highest BCUT2D eigenvalue weighted by Gasteiger charge is 2.92. The number of halogens is 17. The van der Waals surface area contributed by atoms with E-state index >= 15 is 0 Å². The summed E-state index contributed by atoms with van der Waals surface area (Å²) < 4.78 is 224. The van der Waals surface area contributed by atoms with Crippen LogP contribution in [0.1, 0.15) is 19.8 Å². The van der Waals surface area contributed by atoms with E-state index < -0.39 is 78.1 Å². The van der Waals surface area contributed by atoms with Crippen molar-refractivity contribution in [2.45, 2.75) is 67.4 Å². The fourth-order valence-electron chi connectivity index (χ4n) is 1.91. The van der Waals surface area contributed by atoms with Gasteiger partial charge in [-0.15, -0.1) is 0 Å². The zero-order chi connectivity index (χ0) is 27.3. The lowest BCUT2D eigenvalue weighted by Gasteiger charge is -2.42. The minimum absolute atomic E-state index is 0.00652. The first kappa shape index (κ1) is 31.0. The molecule has 0 bridgehead atoms. The predicted molar refractivity (Wildman–Crippen MR) is 71.3 cm³/mol. The van der Waals surface area contributed by atoms with E-state index in [1.165, 1.54) is 0 Å². The van der Waals surface area contributed by atoms with Crippen molar-refractivity contribution in [3.8, 4) is 0 Å². The van der Waals surface area contributed by atoms with Crippen LogP contribution in [0.15, 0.2) is 11.6 Å². The average Bonchev–Trinajstić information content (AvgIpc) is 2.57. The molecule has 0 aromatic heterocycles. The number of carbonyl (C=O) groups is 1. The van der Waals surface area contributed by atoms with E-state index in [4.69, 9.17) is 5.11 Å². The van der Waals surface area contributed by atoms with Crippen molar-refractivity contribution in [3.05, 3.63) is 11.6 Å². The van der Waals surface area contributed by atoms with Gasteiger partial charge in [-0.25, -0.2) is 4.79 Å². The zero-order valence-corrected chi connectivity index (χ0v) is 15.3. The van der Waals surface area contributed by atoms with E-state index in [1.54, 1.807) is 0 Å². The molecule has 0 unspecified atom stereocenters. The van der Waals surface area contributed by atoms with Crippen LogP contribution in [0, 0.1) is 0 Å². The summed E-state index contributed by atoms with van der Waals surface area (Å²) in [6.45, 7) is 0.00652. The van der Waals surface area contributed by atoms with Gasteiger partial charge in [0, 0.05) is 24.5 Å². The van der Waals surface area contributed by atoms with Gasteiger partial charge in [0.1, 0.15) is 0 Å². The van der Waals surface area contributed by atoms with E-state index in [-0.39, 0.29) is 6.92 Å². The third kappa shape index (κ3) is 5.09. The van der Waals surface area contributed by atoms with Gasteiger partial charge in [-0.2, -0.15) is 74.6 Å². The Bertz CT molecular complexity index is 762. The standard InChI is InChI=1S/C14H9F17O2/c1-5(6(32)33)4-8(17,18)11(24,25)13(28,29)14(30,31)12(26,27)10(22,23)7(15,16)2-3-9(19,20)21/h4H,2-3H2,1H3,(H,32,33). The number of alkyl halides is 17. The van der Waals surface area contributed by atoms with Crippen LogP contribution in [0.5, 0.6) is 0 Å². The smallest absolute Gasteiger partial charge is 0.389 e. The Morgan fingerprint density at radius 2 is 0.939 bits per heavy atom. The first-order chi connectivity index (χ1) is 14.0. The number of carboxylic acids is 1. The van der Waals surface area contributed by atoms with Crippen LogP contribution in [0.2, 0.25) is 0 Å². The molecule has 0 aliphatic carbocycles. The molecule has 0 spiro atoms. The maximum absolute atomic E-state index is 13.5. The van der Waals surface area contributed by atoms with Gasteiger partial charge in [-0.05, 0) is 6.92 Å². The van der Waals surface area contributed by atoms with Gasteiger partial charge in [-0.1, -0.05) is 0 Å². The minimum Gasteiger partial charge on any atom is -0.478 e. The first-order valence-corrected chi connectivity index (χ1v) is 7.67. The molecule has 0 amide bonds. The molecule has 0 fully saturated rings. The third-order valence-electron chi connectivity index (χ3n) is 3.91. The second kappa shape index (κ2) is 8.35. The molecular formula is C14H9F17O2. The van der Waals surface area contributed by atoms with Crippen LogP contribution >= 0.6 is 0 Å². The summed E-state index contributed by atoms with van der Waals surface area (Å²) >= 11 is 0. The summed E-state index contributed by atoms with van der Waals surface area (Å²) in [5, 5.41) is 8.24. The van der Waals surface area contributed by atoms with Crippen LogP contribution in [-0.4, -0.2) is 58.7 Å². The molecule has 0 saturated carbocycles. The Labute approximate surface area is 171 Å². The van der Waals surface area contributed by atoms with Crippen LogP contribution in [-0.2, 0) is 4.79 Å². The van der Waals surface area contributed by atoms with Crippen molar-refractivity contribution in [1.29, 1.82) is 0 Å². The molecule has 196 valence electrons. The van der Waals surface area contributed by atoms with Gasteiger partial charge in [0.05, 0.1) is 0 Å². The summed E-state index contributed by atoms with van der Waals surface area (Å²) in [6.07, 6.45) is -13.9. The SMILES string of the molecule is CC(=CC(F)(F)C(F)(F)C(F)(F)C(F)(F)C(F)(F)C(F)(F)C(F)(F)CCC(F)(F)F)C(=O)O. The number of rotatable bonds is 10. The molecule has 0 aliphatic heterocycles. The maximum Gasteiger partial charge on any atom is 0.389 e. The van der Waals surface area contributed by atoms with Gasteiger partial charge in [0.2, 0.25) is 0 Å². The van der Waals surface area contributed by atoms with Crippen molar-refractivity contribution in [1.82, 2.24) is 0 Å². The van der Waals surface area contributed by atoms with Gasteiger partial charge < -0.3 is 5.11 Å². The van der Waals surface area contributed by atoms with Crippen LogP contribution in [0.4, 0.5) is 74.6 Å². The van der Waals surface area contributed by atoms with E-state index in [1.807, 2.05) is 0 Å². The summed E-state index contributed by atoms with van der Waals surface area (Å²) in [5.41, 5.74) is -1.95. The number of aliphatic carboxylic acids is 1. The Morgan fingerprint density at radius 1 is 0.606 bits per heavy atom. The Kier molecular flexibility index (Phi) is 7.85. The molecular weight excluding hydrogens is 523 g/mol. The molecule has 0 aromatic carbocycles. The van der Waals surface area contributed by atoms with Crippen LogP contribution in [0.25, 0.3) is 0 Å². The topological polar surface area (TPSA) is 37.3 Å². The normalized spacial score (nSPS) is 16.2. The molecule has 0 radical (unpaired) electrons. The lowest BCUT2D eigenvalue weighted by molar-refractivity contribution is -0.438. The molecule has 0 aromatic rings. The Morgan fingerprint density at radius 3 is 1.27 bits per heavy atom. The highest BCUT2D eigenvalue weighted by Crippen LogP contribution is 2.63. The number of carboxylic acid groups (broad SMARTS) is 1. The first-order valence-electron chi connectivity index (χ1n) is 7.67. The zero-order valence-electron chi connectivity index (χ0n) is 15.3. The number of hydrogen-bond donors (Lipinski definition) is 1. The van der Waals surface area contributed by atoms with Crippen LogP contribution in [0.3, 0.4) is 0 Å². The molecule has 0 atom stereocenters. The molecule has 0 aliphatic rings. The molecule has 0 rings (SSSR count). The van der Waals surface area contributed by atoms with Crippen molar-refractivity contribution in [3.63, 3.8) is 0 Å². The molecule has 1 N–H and O–H groups in total. The monoisotopic (exact) mass is 532 g/mol. The second-order valence-electron chi connectivity index (χ2n) is 6.45. The fourth-order valence-corrected chi connectivity index (χ4v) is 1.91. The van der Waals surface area contributed by atoms with Crippen LogP contribution < -0.4 is 0 Å². The largest absolute Gasteiger partial charge is 0.478 e. The number of allylic oxidation sites excluding steroid dienone is 1. The molecule has 0 heterocycles. The summed E-state index contributed by atoms with van der Waals surface area (Å²) in [5.74, 6) is -57.0. The van der Waals surface area contributed by atoms with Crippen molar-refractivity contribution >= 4 is 5.97 Å². The molecule has 0 saturated heterocycles. The van der Waals surface area contributed by atoms with Crippen molar-refractivity contribution in [2.24, 2.45) is 0 Å². The van der Waals surface area contributed by atoms with Gasteiger partial charge in [0.15, 0.2) is 0 Å². The van der Waals surface area contributed by atoms with E-state index in [2.05, 4.69) is 0 Å². The minimum atomic E-state index is -8.46. The second-order valence-corrected chi connectivity index (χ2v) is 6.45. The predicted octanol–water partition coefficient (Wildman–Crippen LogP) is 6.81. The fraction of sp³-hybridized carbons (Fsp3) is 0.786. The maximum atomic E-state index is 13.5. The lowest BCUT2D eigenvalue weighted by atomic mass is 9.88. The quantitative estimate of drug-likeness (QED) is 0.248. The lowest BCUT2D eigenvalue weighted by Crippen LogP contribution is -2.72. The molecule has 33 heavy (non-hydrogen) atoms. The summed E-state index contributed by atoms with van der Waals surface area (Å²) in [4.78, 5) is 10.3. The summed E-state index contributed by atoms with van der Waals surface area (Å²) in [6, 6.07) is 0. The highest BCUT2D eigenvalue weighted by atomic mass is 19.4. The summed E-state index contributed by atoms with van der Waals surface area (Å²) in [7, 11) is 0. The van der Waals surface area contributed by atoms with Gasteiger partial charge >= 0.3 is 53.6 Å². The Hall–Kier alpha value is -1.98. The van der Waals surface area contributed by atoms with E-state index in [0.717, 1.165) is 0 Å². The highest BCUT2D eigenvalue weighted by molar-refractivity contribution is 5.86. The average molecular weight is 532 g/mol.